The normalized spacial score (nSPS) is 36.8. The van der Waals surface area contributed by atoms with E-state index in [1.54, 1.807) is 0 Å². The van der Waals surface area contributed by atoms with Gasteiger partial charge in [-0.25, -0.2) is 0 Å². The number of aliphatic hydroxyl groups is 9. The molecule has 20 nitrogen and oxygen atoms in total. The van der Waals surface area contributed by atoms with Crippen molar-refractivity contribution < 1.29 is 94.1 Å². The number of phenolic OH excluding ortho intramolecular Hbond substituents is 3. The van der Waals surface area contributed by atoms with Gasteiger partial charge >= 0.3 is 0 Å². The molecule has 12 N–H and O–H groups in total. The Balaban J connectivity index is 1.39. The van der Waals surface area contributed by atoms with Crippen LogP contribution in [0.5, 0.6) is 28.7 Å². The molecular formula is C32H38O20. The van der Waals surface area contributed by atoms with Crippen LogP contribution in [0.25, 0.3) is 22.3 Å². The van der Waals surface area contributed by atoms with E-state index in [9.17, 15) is 66.1 Å². The topological polar surface area (TPSA) is 328 Å². The molecule has 52 heavy (non-hydrogen) atoms. The lowest BCUT2D eigenvalue weighted by atomic mass is 9.99. The van der Waals surface area contributed by atoms with Crippen LogP contribution in [0.2, 0.25) is 0 Å². The summed E-state index contributed by atoms with van der Waals surface area (Å²) in [6, 6.07) is 5.30. The average Bonchev–Trinajstić information content (AvgIpc) is 3.11. The molecule has 20 heteroatoms. The molecule has 14 atom stereocenters. The maximum atomic E-state index is 14.0. The van der Waals surface area contributed by atoms with Gasteiger partial charge in [0, 0.05) is 17.7 Å². The third-order valence-electron chi connectivity index (χ3n) is 9.01. The van der Waals surface area contributed by atoms with Crippen molar-refractivity contribution in [1.82, 2.24) is 0 Å². The minimum atomic E-state index is -1.96. The number of rotatable bonds is 8. The second-order valence-corrected chi connectivity index (χ2v) is 12.6. The number of phenols is 3. The van der Waals surface area contributed by atoms with Gasteiger partial charge in [-0.1, -0.05) is 0 Å². The van der Waals surface area contributed by atoms with Crippen LogP contribution in [0.15, 0.2) is 39.5 Å². The van der Waals surface area contributed by atoms with Gasteiger partial charge in [0.2, 0.25) is 23.8 Å². The summed E-state index contributed by atoms with van der Waals surface area (Å²) in [7, 11) is 0. The van der Waals surface area contributed by atoms with Crippen molar-refractivity contribution in [3.63, 3.8) is 0 Å². The predicted octanol–water partition coefficient (Wildman–Crippen LogP) is -3.57. The first-order chi connectivity index (χ1) is 24.6. The van der Waals surface area contributed by atoms with Crippen molar-refractivity contribution >= 4 is 11.0 Å². The van der Waals surface area contributed by atoms with Crippen molar-refractivity contribution in [3.8, 4) is 40.1 Å². The van der Waals surface area contributed by atoms with Gasteiger partial charge in [0.1, 0.15) is 77.4 Å². The van der Waals surface area contributed by atoms with Crippen molar-refractivity contribution in [2.24, 2.45) is 0 Å². The number of aromatic hydroxyl groups is 3. The fraction of sp³-hybridized carbons (Fsp3) is 0.531. The van der Waals surface area contributed by atoms with Crippen LogP contribution < -0.4 is 14.9 Å². The lowest BCUT2D eigenvalue weighted by Gasteiger charge is -2.44. The van der Waals surface area contributed by atoms with E-state index >= 15 is 0 Å². The molecule has 0 saturated carbocycles. The maximum Gasteiger partial charge on any atom is 0.239 e. The highest BCUT2D eigenvalue weighted by atomic mass is 16.8. The largest absolute Gasteiger partial charge is 0.507 e. The van der Waals surface area contributed by atoms with E-state index in [2.05, 4.69) is 0 Å². The molecule has 0 amide bonds. The van der Waals surface area contributed by atoms with Crippen LogP contribution in [0.3, 0.4) is 0 Å². The Labute approximate surface area is 292 Å². The molecule has 0 aliphatic carbocycles. The quantitative estimate of drug-likeness (QED) is 0.0993. The second-order valence-electron chi connectivity index (χ2n) is 12.6. The molecule has 6 rings (SSSR count). The van der Waals surface area contributed by atoms with Crippen molar-refractivity contribution in [2.75, 3.05) is 13.2 Å². The van der Waals surface area contributed by atoms with Gasteiger partial charge in [-0.05, 0) is 25.1 Å². The number of hydrogen-bond acceptors (Lipinski definition) is 20. The molecule has 3 aliphatic heterocycles. The standard InChI is InChI=1S/C32H38O20/c1-9-19(38)24(43)29(52-30-25(44)20(39)15(37)8-46-30)32(47-9)48-11-5-14(36)18-16(6-11)49-27(10-2-3-12(34)13(35)4-10)28(22(18)41)51-31-26(45)23(42)21(40)17(7-33)50-31/h2-6,9,15,17,19-21,23-26,29-40,42-45H,7-8H2,1H3. The summed E-state index contributed by atoms with van der Waals surface area (Å²) in [4.78, 5) is 14.0. The third kappa shape index (κ3) is 6.97. The Morgan fingerprint density at radius 3 is 2.13 bits per heavy atom. The Morgan fingerprint density at radius 1 is 0.731 bits per heavy atom. The molecule has 3 aliphatic rings. The third-order valence-corrected chi connectivity index (χ3v) is 9.01. The van der Waals surface area contributed by atoms with Crippen LogP contribution in [-0.4, -0.2) is 161 Å². The predicted molar refractivity (Wildman–Crippen MR) is 167 cm³/mol. The molecule has 286 valence electrons. The summed E-state index contributed by atoms with van der Waals surface area (Å²) < 4.78 is 39.5. The Kier molecular flexibility index (Phi) is 10.8. The molecule has 1 aromatic heterocycles. The minimum Gasteiger partial charge on any atom is -0.507 e. The molecule has 3 fully saturated rings. The lowest BCUT2D eigenvalue weighted by Crippen LogP contribution is -2.62. The number of fused-ring (bicyclic) bond motifs is 1. The zero-order valence-electron chi connectivity index (χ0n) is 27.0. The number of benzene rings is 2. The zero-order chi connectivity index (χ0) is 37.8. The summed E-state index contributed by atoms with van der Waals surface area (Å²) in [6.07, 6.45) is -23.0. The highest BCUT2D eigenvalue weighted by Gasteiger charge is 2.49. The van der Waals surface area contributed by atoms with E-state index in [1.807, 2.05) is 0 Å². The van der Waals surface area contributed by atoms with Gasteiger partial charge in [0.05, 0.1) is 19.3 Å². The first kappa shape index (κ1) is 37.9. The van der Waals surface area contributed by atoms with Crippen LogP contribution in [0.1, 0.15) is 6.92 Å². The smallest absolute Gasteiger partial charge is 0.239 e. The van der Waals surface area contributed by atoms with Crippen LogP contribution in [0, 0.1) is 0 Å². The molecule has 0 bridgehead atoms. The van der Waals surface area contributed by atoms with Crippen LogP contribution >= 0.6 is 0 Å². The van der Waals surface area contributed by atoms with E-state index in [-0.39, 0.29) is 16.9 Å². The Morgan fingerprint density at radius 2 is 1.44 bits per heavy atom. The van der Waals surface area contributed by atoms with Gasteiger partial charge in [0.15, 0.2) is 29.7 Å². The summed E-state index contributed by atoms with van der Waals surface area (Å²) >= 11 is 0. The monoisotopic (exact) mass is 742 g/mol. The summed E-state index contributed by atoms with van der Waals surface area (Å²) in [5.41, 5.74) is -1.56. The van der Waals surface area contributed by atoms with E-state index in [0.29, 0.717) is 0 Å². The first-order valence-corrected chi connectivity index (χ1v) is 15.9. The van der Waals surface area contributed by atoms with E-state index < -0.39 is 139 Å². The second kappa shape index (κ2) is 14.9. The molecule has 0 radical (unpaired) electrons. The summed E-state index contributed by atoms with van der Waals surface area (Å²) in [5.74, 6) is -3.44. The average molecular weight is 743 g/mol. The molecule has 3 saturated heterocycles. The maximum absolute atomic E-state index is 14.0. The van der Waals surface area contributed by atoms with E-state index in [4.69, 9.17) is 32.8 Å². The van der Waals surface area contributed by atoms with Gasteiger partial charge in [-0.3, -0.25) is 4.79 Å². The Bertz CT molecular complexity index is 1800. The highest BCUT2D eigenvalue weighted by Crippen LogP contribution is 2.40. The van der Waals surface area contributed by atoms with Crippen LogP contribution in [0.4, 0.5) is 0 Å². The molecule has 4 heterocycles. The number of aliphatic hydroxyl groups excluding tert-OH is 9. The van der Waals surface area contributed by atoms with Crippen LogP contribution in [-0.2, 0) is 18.9 Å². The van der Waals surface area contributed by atoms with Gasteiger partial charge in [0.25, 0.3) is 0 Å². The van der Waals surface area contributed by atoms with Crippen molar-refractivity contribution in [3.05, 3.63) is 40.6 Å². The molecule has 0 spiro atoms. The molecule has 2 aromatic carbocycles. The number of hydrogen-bond donors (Lipinski definition) is 12. The fourth-order valence-corrected chi connectivity index (χ4v) is 6.00. The van der Waals surface area contributed by atoms with Crippen molar-refractivity contribution in [2.45, 2.75) is 92.9 Å². The molecular weight excluding hydrogens is 704 g/mol. The molecule has 3 aromatic rings. The van der Waals surface area contributed by atoms with E-state index in [1.165, 1.54) is 13.0 Å². The van der Waals surface area contributed by atoms with Gasteiger partial charge in [-0.2, -0.15) is 0 Å². The Hall–Kier alpha value is -3.87. The summed E-state index contributed by atoms with van der Waals surface area (Å²) in [6.45, 7) is 0.141. The van der Waals surface area contributed by atoms with Crippen molar-refractivity contribution in [1.29, 1.82) is 0 Å². The SMILES string of the molecule is CC1OC(Oc2cc(O)c3c(=O)c(OC4OC(CO)C(O)C(O)C4O)c(-c4ccc(O)c(O)c4)oc3c2)C(OC2OCC(O)C(O)C2O)C(O)C1O. The molecule has 14 unspecified atom stereocenters. The first-order valence-electron chi connectivity index (χ1n) is 15.9. The van der Waals surface area contributed by atoms with Gasteiger partial charge in [-0.15, -0.1) is 0 Å². The highest BCUT2D eigenvalue weighted by molar-refractivity contribution is 5.88. The minimum absolute atomic E-state index is 0.0898. The van der Waals surface area contributed by atoms with Gasteiger partial charge < -0.3 is 94.1 Å². The zero-order valence-corrected chi connectivity index (χ0v) is 27.0. The fourth-order valence-electron chi connectivity index (χ4n) is 6.00. The summed E-state index contributed by atoms with van der Waals surface area (Å²) in [5, 5.41) is 123. The lowest BCUT2D eigenvalue weighted by molar-refractivity contribution is -0.341. The van der Waals surface area contributed by atoms with E-state index in [0.717, 1.165) is 24.3 Å². The number of ether oxygens (including phenoxy) is 6.